The largest absolute Gasteiger partial charge is 0.478 e. The predicted octanol–water partition coefficient (Wildman–Crippen LogP) is 2.46. The van der Waals surface area contributed by atoms with Crippen LogP contribution >= 0.6 is 15.9 Å². The monoisotopic (exact) mass is 285 g/mol. The van der Waals surface area contributed by atoms with E-state index in [-0.39, 0.29) is 16.6 Å². The van der Waals surface area contributed by atoms with Crippen LogP contribution in [0.3, 0.4) is 0 Å². The minimum Gasteiger partial charge on any atom is -0.478 e. The third-order valence-electron chi connectivity index (χ3n) is 1.86. The van der Waals surface area contributed by atoms with Gasteiger partial charge in [-0.3, -0.25) is 10.1 Å². The van der Waals surface area contributed by atoms with E-state index in [2.05, 4.69) is 15.9 Å². The molecule has 0 heterocycles. The van der Waals surface area contributed by atoms with Crippen LogP contribution in [0.15, 0.2) is 29.8 Å². The maximum atomic E-state index is 10.7. The smallest absolute Gasteiger partial charge is 0.332 e. The van der Waals surface area contributed by atoms with Crippen molar-refractivity contribution in [1.82, 2.24) is 0 Å². The average molecular weight is 286 g/mol. The highest BCUT2D eigenvalue weighted by Gasteiger charge is 2.06. The highest BCUT2D eigenvalue weighted by Crippen LogP contribution is 2.15. The van der Waals surface area contributed by atoms with Crippen LogP contribution in [-0.4, -0.2) is 21.3 Å². The lowest BCUT2D eigenvalue weighted by Gasteiger charge is -1.97. The molecule has 1 aromatic rings. The Bertz CT molecular complexity index is 439. The van der Waals surface area contributed by atoms with Gasteiger partial charge in [0.05, 0.1) is 4.92 Å². The van der Waals surface area contributed by atoms with Crippen molar-refractivity contribution >= 4 is 33.7 Å². The van der Waals surface area contributed by atoms with Gasteiger partial charge in [-0.1, -0.05) is 15.9 Å². The Morgan fingerprint density at radius 2 is 2.00 bits per heavy atom. The fourth-order valence-corrected chi connectivity index (χ4v) is 1.45. The van der Waals surface area contributed by atoms with Gasteiger partial charge in [0, 0.05) is 23.0 Å². The predicted molar refractivity (Wildman–Crippen MR) is 62.5 cm³/mol. The van der Waals surface area contributed by atoms with Gasteiger partial charge < -0.3 is 5.11 Å². The Morgan fingerprint density at radius 3 is 2.38 bits per heavy atom. The van der Waals surface area contributed by atoms with Crippen LogP contribution in [0.5, 0.6) is 0 Å². The normalized spacial score (nSPS) is 11.2. The number of carbonyl (C=O) groups is 1. The Labute approximate surface area is 99.7 Å². The molecular formula is C10H8BrNO4. The number of carboxylic acid groups (broad SMARTS) is 1. The SMILES string of the molecule is O=C(O)C(=Cc1ccc([N+](=O)[O-])cc1)CBr. The Hall–Kier alpha value is -1.69. The summed E-state index contributed by atoms with van der Waals surface area (Å²) in [5.74, 6) is -1.02. The van der Waals surface area contributed by atoms with Gasteiger partial charge in [-0.2, -0.15) is 0 Å². The molecule has 84 valence electrons. The van der Waals surface area contributed by atoms with E-state index in [9.17, 15) is 14.9 Å². The number of rotatable bonds is 4. The van der Waals surface area contributed by atoms with Crippen LogP contribution in [0.2, 0.25) is 0 Å². The van der Waals surface area contributed by atoms with E-state index in [0.29, 0.717) is 5.56 Å². The molecule has 0 aliphatic rings. The van der Waals surface area contributed by atoms with Crippen molar-refractivity contribution in [2.75, 3.05) is 5.33 Å². The molecule has 0 amide bonds. The molecule has 0 atom stereocenters. The lowest BCUT2D eigenvalue weighted by atomic mass is 10.1. The summed E-state index contributed by atoms with van der Waals surface area (Å²) in [6.45, 7) is 0. The van der Waals surface area contributed by atoms with Crippen LogP contribution in [0.25, 0.3) is 6.08 Å². The first-order valence-electron chi connectivity index (χ1n) is 4.29. The molecular weight excluding hydrogens is 278 g/mol. The molecule has 1 N–H and O–H groups in total. The number of nitrogens with zero attached hydrogens (tertiary/aromatic N) is 1. The van der Waals surface area contributed by atoms with Crippen molar-refractivity contribution in [2.24, 2.45) is 0 Å². The van der Waals surface area contributed by atoms with E-state index >= 15 is 0 Å². The standard InChI is InChI=1S/C10H8BrNO4/c11-6-8(10(13)14)5-7-1-3-9(4-2-7)12(15)16/h1-5H,6H2,(H,13,14). The number of aliphatic carboxylic acids is 1. The number of halogens is 1. The van der Waals surface area contributed by atoms with Gasteiger partial charge in [-0.25, -0.2) is 4.79 Å². The molecule has 0 aliphatic carbocycles. The Balaban J connectivity index is 2.98. The van der Waals surface area contributed by atoms with E-state index in [1.807, 2.05) is 0 Å². The minimum absolute atomic E-state index is 0.0205. The molecule has 5 nitrogen and oxygen atoms in total. The second kappa shape index (κ2) is 5.41. The minimum atomic E-state index is -1.02. The second-order valence-corrected chi connectivity index (χ2v) is 3.52. The zero-order valence-electron chi connectivity index (χ0n) is 8.09. The Morgan fingerprint density at radius 1 is 1.44 bits per heavy atom. The zero-order valence-corrected chi connectivity index (χ0v) is 9.68. The van der Waals surface area contributed by atoms with Crippen molar-refractivity contribution in [1.29, 1.82) is 0 Å². The van der Waals surface area contributed by atoms with E-state index in [0.717, 1.165) is 0 Å². The van der Waals surface area contributed by atoms with E-state index in [1.54, 1.807) is 0 Å². The molecule has 0 saturated heterocycles. The van der Waals surface area contributed by atoms with Crippen molar-refractivity contribution < 1.29 is 14.8 Å². The van der Waals surface area contributed by atoms with Gasteiger partial charge >= 0.3 is 5.97 Å². The van der Waals surface area contributed by atoms with Crippen molar-refractivity contribution in [3.8, 4) is 0 Å². The van der Waals surface area contributed by atoms with E-state index < -0.39 is 10.9 Å². The molecule has 1 rings (SSSR count). The van der Waals surface area contributed by atoms with Gasteiger partial charge in [0.25, 0.3) is 5.69 Å². The van der Waals surface area contributed by atoms with Gasteiger partial charge in [-0.05, 0) is 23.8 Å². The topological polar surface area (TPSA) is 80.4 Å². The zero-order chi connectivity index (χ0) is 12.1. The molecule has 0 saturated carbocycles. The number of nitro benzene ring substituents is 1. The molecule has 0 aromatic heterocycles. The van der Waals surface area contributed by atoms with Crippen molar-refractivity contribution in [3.63, 3.8) is 0 Å². The molecule has 0 unspecified atom stereocenters. The number of benzene rings is 1. The first-order valence-corrected chi connectivity index (χ1v) is 5.41. The third kappa shape index (κ3) is 3.16. The summed E-state index contributed by atoms with van der Waals surface area (Å²) in [4.78, 5) is 20.6. The number of hydrogen-bond acceptors (Lipinski definition) is 3. The fraction of sp³-hybridized carbons (Fsp3) is 0.100. The number of carboxylic acids is 1. The van der Waals surface area contributed by atoms with Crippen LogP contribution in [0, 0.1) is 10.1 Å². The van der Waals surface area contributed by atoms with Crippen LogP contribution < -0.4 is 0 Å². The van der Waals surface area contributed by atoms with Gasteiger partial charge in [0.2, 0.25) is 0 Å². The summed E-state index contributed by atoms with van der Waals surface area (Å²) >= 11 is 3.05. The quantitative estimate of drug-likeness (QED) is 0.399. The summed E-state index contributed by atoms with van der Waals surface area (Å²) in [5.41, 5.74) is 0.782. The first kappa shape index (κ1) is 12.4. The molecule has 0 fully saturated rings. The summed E-state index contributed by atoms with van der Waals surface area (Å²) in [7, 11) is 0. The highest BCUT2D eigenvalue weighted by molar-refractivity contribution is 9.09. The lowest BCUT2D eigenvalue weighted by molar-refractivity contribution is -0.384. The van der Waals surface area contributed by atoms with Gasteiger partial charge in [-0.15, -0.1) is 0 Å². The Kier molecular flexibility index (Phi) is 4.19. The maximum Gasteiger partial charge on any atom is 0.332 e. The molecule has 0 bridgehead atoms. The first-order chi connectivity index (χ1) is 7.54. The molecule has 16 heavy (non-hydrogen) atoms. The lowest BCUT2D eigenvalue weighted by Crippen LogP contribution is -2.01. The van der Waals surface area contributed by atoms with Crippen LogP contribution in [0.1, 0.15) is 5.56 Å². The third-order valence-corrected chi connectivity index (χ3v) is 2.47. The van der Waals surface area contributed by atoms with Gasteiger partial charge in [0.1, 0.15) is 0 Å². The maximum absolute atomic E-state index is 10.7. The van der Waals surface area contributed by atoms with Crippen LogP contribution in [-0.2, 0) is 4.79 Å². The van der Waals surface area contributed by atoms with E-state index in [1.165, 1.54) is 30.3 Å². The number of nitro groups is 1. The van der Waals surface area contributed by atoms with E-state index in [4.69, 9.17) is 5.11 Å². The molecule has 1 aromatic carbocycles. The number of hydrogen-bond donors (Lipinski definition) is 1. The molecule has 0 radical (unpaired) electrons. The fourth-order valence-electron chi connectivity index (χ4n) is 1.05. The number of non-ortho nitro benzene ring substituents is 1. The highest BCUT2D eigenvalue weighted by atomic mass is 79.9. The van der Waals surface area contributed by atoms with Crippen LogP contribution in [0.4, 0.5) is 5.69 Å². The summed E-state index contributed by atoms with van der Waals surface area (Å²) in [5, 5.41) is 19.4. The van der Waals surface area contributed by atoms with Crippen molar-refractivity contribution in [3.05, 3.63) is 45.5 Å². The summed E-state index contributed by atoms with van der Waals surface area (Å²) < 4.78 is 0. The average Bonchev–Trinajstić information content (AvgIpc) is 2.26. The van der Waals surface area contributed by atoms with Gasteiger partial charge in [0.15, 0.2) is 0 Å². The molecule has 6 heteroatoms. The number of alkyl halides is 1. The summed E-state index contributed by atoms with van der Waals surface area (Å²) in [6, 6.07) is 5.67. The second-order valence-electron chi connectivity index (χ2n) is 2.96. The van der Waals surface area contributed by atoms with Crippen molar-refractivity contribution in [2.45, 2.75) is 0 Å². The molecule has 0 aliphatic heterocycles. The summed E-state index contributed by atoms with van der Waals surface area (Å²) in [6.07, 6.45) is 1.46. The molecule has 0 spiro atoms.